The van der Waals surface area contributed by atoms with E-state index in [0.29, 0.717) is 19.3 Å². The molecule has 1 unspecified atom stereocenters. The molecule has 0 heterocycles. The van der Waals surface area contributed by atoms with Crippen LogP contribution in [0.1, 0.15) is 201 Å². The molecule has 6 heteroatoms. The number of carbonyl (C=O) groups excluding carboxylic acids is 3. The van der Waals surface area contributed by atoms with Gasteiger partial charge in [-0.3, -0.25) is 14.4 Å². The third-order valence-electron chi connectivity index (χ3n) is 9.58. The van der Waals surface area contributed by atoms with Crippen molar-refractivity contribution in [3.05, 3.63) is 97.2 Å². The minimum absolute atomic E-state index is 0.0967. The van der Waals surface area contributed by atoms with E-state index in [2.05, 4.69) is 118 Å². The Labute approximate surface area is 362 Å². The lowest BCUT2D eigenvalue weighted by Gasteiger charge is -2.18. The summed E-state index contributed by atoms with van der Waals surface area (Å²) in [4.78, 5) is 37.7. The average Bonchev–Trinajstić information content (AvgIpc) is 3.23. The fourth-order valence-corrected chi connectivity index (χ4v) is 6.07. The van der Waals surface area contributed by atoms with Gasteiger partial charge in [-0.15, -0.1) is 0 Å². The topological polar surface area (TPSA) is 78.9 Å². The predicted octanol–water partition coefficient (Wildman–Crippen LogP) is 15.4. The molecule has 0 aliphatic rings. The Hall–Kier alpha value is -3.67. The Morgan fingerprint density at radius 1 is 0.356 bits per heavy atom. The summed E-state index contributed by atoms with van der Waals surface area (Å²) < 4.78 is 16.6. The van der Waals surface area contributed by atoms with Gasteiger partial charge in [0.1, 0.15) is 13.2 Å². The Balaban J connectivity index is 4.40. The van der Waals surface area contributed by atoms with Gasteiger partial charge in [0.15, 0.2) is 6.10 Å². The number of hydrogen-bond donors (Lipinski definition) is 0. The molecule has 0 rings (SSSR count). The van der Waals surface area contributed by atoms with Crippen LogP contribution in [0, 0.1) is 0 Å². The Morgan fingerprint density at radius 2 is 0.661 bits per heavy atom. The van der Waals surface area contributed by atoms with Gasteiger partial charge in [-0.25, -0.2) is 0 Å². The lowest BCUT2D eigenvalue weighted by Crippen LogP contribution is -2.30. The van der Waals surface area contributed by atoms with Crippen LogP contribution in [0.4, 0.5) is 0 Å². The molecule has 0 bridgehead atoms. The van der Waals surface area contributed by atoms with Crippen LogP contribution in [-0.4, -0.2) is 37.2 Å². The van der Waals surface area contributed by atoms with Crippen molar-refractivity contribution in [3.63, 3.8) is 0 Å². The summed E-state index contributed by atoms with van der Waals surface area (Å²) in [6, 6.07) is 0. The number of ether oxygens (including phenoxy) is 3. The van der Waals surface area contributed by atoms with Crippen LogP contribution in [0.5, 0.6) is 0 Å². The first-order valence-corrected chi connectivity index (χ1v) is 23.7. The van der Waals surface area contributed by atoms with Crippen molar-refractivity contribution in [2.75, 3.05) is 13.2 Å². The highest BCUT2D eigenvalue weighted by atomic mass is 16.6. The SMILES string of the molecule is CC/C=C\C/C=C\C/C=C\C/C=C\CCCCCCC(=O)OCC(COC(=O)CCCCCCCCC)OC(=O)CCCCCC/C=C\C/C=C\C/C=C\C/C=C\CC. The summed E-state index contributed by atoms with van der Waals surface area (Å²) in [6.07, 6.45) is 61.1. The second-order valence-electron chi connectivity index (χ2n) is 15.3. The molecule has 0 radical (unpaired) electrons. The lowest BCUT2D eigenvalue weighted by atomic mass is 10.1. The van der Waals surface area contributed by atoms with E-state index in [9.17, 15) is 14.4 Å². The first kappa shape index (κ1) is 55.3. The van der Waals surface area contributed by atoms with Crippen LogP contribution in [0.2, 0.25) is 0 Å². The second kappa shape index (κ2) is 47.0. The predicted molar refractivity (Wildman–Crippen MR) is 251 cm³/mol. The van der Waals surface area contributed by atoms with Gasteiger partial charge < -0.3 is 14.2 Å². The number of carbonyl (C=O) groups is 3. The number of allylic oxidation sites excluding steroid dienone is 16. The molecule has 0 saturated heterocycles. The van der Waals surface area contributed by atoms with Gasteiger partial charge >= 0.3 is 17.9 Å². The van der Waals surface area contributed by atoms with Gasteiger partial charge in [-0.2, -0.15) is 0 Å². The number of unbranched alkanes of at least 4 members (excludes halogenated alkanes) is 14. The molecule has 0 aromatic rings. The molecule has 334 valence electrons. The number of rotatable bonds is 41. The monoisotopic (exact) mass is 819 g/mol. The largest absolute Gasteiger partial charge is 0.462 e. The molecule has 0 aliphatic carbocycles. The van der Waals surface area contributed by atoms with Crippen LogP contribution >= 0.6 is 0 Å². The minimum Gasteiger partial charge on any atom is -0.462 e. The van der Waals surface area contributed by atoms with Crippen LogP contribution in [0.25, 0.3) is 0 Å². The highest BCUT2D eigenvalue weighted by Gasteiger charge is 2.19. The summed E-state index contributed by atoms with van der Waals surface area (Å²) in [5.41, 5.74) is 0. The molecule has 0 saturated carbocycles. The van der Waals surface area contributed by atoms with Crippen molar-refractivity contribution < 1.29 is 28.6 Å². The molecule has 1 atom stereocenters. The van der Waals surface area contributed by atoms with E-state index in [-0.39, 0.29) is 31.1 Å². The van der Waals surface area contributed by atoms with Crippen LogP contribution in [-0.2, 0) is 28.6 Å². The van der Waals surface area contributed by atoms with Gasteiger partial charge in [0.2, 0.25) is 0 Å². The standard InChI is InChI=1S/C53H86O6/c1-4-7-10-13-16-18-20-22-24-26-28-30-32-34-37-40-43-46-52(55)58-49-50(48-57-51(54)45-42-39-36-15-12-9-6-3)59-53(56)47-44-41-38-35-33-31-29-27-25-23-21-19-17-14-11-8-5-2/h7-8,10-11,16-19,22-25,28-31,50H,4-6,9,12-15,20-21,26-27,32-49H2,1-3H3/b10-7-,11-8-,18-16-,19-17-,24-22-,25-23-,30-28-,31-29-. The highest BCUT2D eigenvalue weighted by molar-refractivity contribution is 5.71. The normalized spacial score (nSPS) is 12.9. The van der Waals surface area contributed by atoms with E-state index in [0.717, 1.165) is 135 Å². The molecule has 0 spiro atoms. The average molecular weight is 819 g/mol. The summed E-state index contributed by atoms with van der Waals surface area (Å²) in [5.74, 6) is -0.960. The van der Waals surface area contributed by atoms with Gasteiger partial charge in [0, 0.05) is 19.3 Å². The van der Waals surface area contributed by atoms with Gasteiger partial charge in [0.05, 0.1) is 0 Å². The summed E-state index contributed by atoms with van der Waals surface area (Å²) in [6.45, 7) is 6.30. The van der Waals surface area contributed by atoms with E-state index in [4.69, 9.17) is 14.2 Å². The number of esters is 3. The zero-order valence-corrected chi connectivity index (χ0v) is 38.0. The molecule has 0 N–H and O–H groups in total. The third kappa shape index (κ3) is 45.3. The van der Waals surface area contributed by atoms with E-state index < -0.39 is 6.10 Å². The molecule has 0 aromatic carbocycles. The van der Waals surface area contributed by atoms with Crippen molar-refractivity contribution >= 4 is 17.9 Å². The quantitative estimate of drug-likeness (QED) is 0.0265. The molecule has 6 nitrogen and oxygen atoms in total. The Bertz CT molecular complexity index is 1220. The van der Waals surface area contributed by atoms with Crippen LogP contribution < -0.4 is 0 Å². The molecule has 59 heavy (non-hydrogen) atoms. The maximum absolute atomic E-state index is 12.7. The first-order chi connectivity index (χ1) is 29.0. The van der Waals surface area contributed by atoms with Gasteiger partial charge in [0.25, 0.3) is 0 Å². The van der Waals surface area contributed by atoms with Crippen molar-refractivity contribution in [2.45, 2.75) is 207 Å². The van der Waals surface area contributed by atoms with Crippen LogP contribution in [0.15, 0.2) is 97.2 Å². The van der Waals surface area contributed by atoms with Crippen molar-refractivity contribution in [3.8, 4) is 0 Å². The third-order valence-corrected chi connectivity index (χ3v) is 9.58. The maximum atomic E-state index is 12.7. The fourth-order valence-electron chi connectivity index (χ4n) is 6.07. The number of hydrogen-bond acceptors (Lipinski definition) is 6. The van der Waals surface area contributed by atoms with Crippen molar-refractivity contribution in [2.24, 2.45) is 0 Å². The Kier molecular flexibility index (Phi) is 44.1. The summed E-state index contributed by atoms with van der Waals surface area (Å²) in [5, 5.41) is 0. The molecule has 0 fully saturated rings. The Morgan fingerprint density at radius 3 is 1.03 bits per heavy atom. The fraction of sp³-hybridized carbons (Fsp3) is 0.642. The van der Waals surface area contributed by atoms with E-state index in [1.54, 1.807) is 0 Å². The minimum atomic E-state index is -0.798. The molecule has 0 aliphatic heterocycles. The molecular weight excluding hydrogens is 733 g/mol. The van der Waals surface area contributed by atoms with Crippen LogP contribution in [0.3, 0.4) is 0 Å². The lowest BCUT2D eigenvalue weighted by molar-refractivity contribution is -0.167. The molecule has 0 aromatic heterocycles. The van der Waals surface area contributed by atoms with Gasteiger partial charge in [-0.05, 0) is 96.3 Å². The first-order valence-electron chi connectivity index (χ1n) is 23.7. The smallest absolute Gasteiger partial charge is 0.306 e. The summed E-state index contributed by atoms with van der Waals surface area (Å²) in [7, 11) is 0. The molecular formula is C53H86O6. The van der Waals surface area contributed by atoms with E-state index in [1.165, 1.54) is 25.7 Å². The van der Waals surface area contributed by atoms with Crippen molar-refractivity contribution in [1.82, 2.24) is 0 Å². The molecule has 0 amide bonds. The maximum Gasteiger partial charge on any atom is 0.306 e. The summed E-state index contributed by atoms with van der Waals surface area (Å²) >= 11 is 0. The zero-order valence-electron chi connectivity index (χ0n) is 38.0. The van der Waals surface area contributed by atoms with E-state index >= 15 is 0 Å². The zero-order chi connectivity index (χ0) is 43.0. The van der Waals surface area contributed by atoms with Crippen molar-refractivity contribution in [1.29, 1.82) is 0 Å². The highest BCUT2D eigenvalue weighted by Crippen LogP contribution is 2.12. The van der Waals surface area contributed by atoms with Gasteiger partial charge in [-0.1, -0.05) is 182 Å². The van der Waals surface area contributed by atoms with E-state index in [1.807, 2.05) is 0 Å². The second-order valence-corrected chi connectivity index (χ2v) is 15.3.